The number of hydrogen-bond donors (Lipinski definition) is 2. The molecule has 1 aliphatic heterocycles. The van der Waals surface area contributed by atoms with E-state index >= 15 is 0 Å². The van der Waals surface area contributed by atoms with Crippen LogP contribution in [0.3, 0.4) is 0 Å². The Morgan fingerprint density at radius 2 is 1.62 bits per heavy atom. The maximum atomic E-state index is 13.5. The maximum Gasteiger partial charge on any atom is 0.224 e. The smallest absolute Gasteiger partial charge is 0.224 e. The predicted molar refractivity (Wildman–Crippen MR) is 149 cm³/mol. The molecular weight excluding hydrogens is 458 g/mol. The third-order valence-corrected chi connectivity index (χ3v) is 7.19. The molecule has 0 saturated carbocycles. The molecule has 0 unspecified atom stereocenters. The Bertz CT molecular complexity index is 1320. The van der Waals surface area contributed by atoms with E-state index in [0.717, 1.165) is 71.2 Å². The van der Waals surface area contributed by atoms with Gasteiger partial charge in [-0.1, -0.05) is 85.8 Å². The predicted octanol–water partition coefficient (Wildman–Crippen LogP) is 5.98. The summed E-state index contributed by atoms with van der Waals surface area (Å²) < 4.78 is 6.46. The van der Waals surface area contributed by atoms with E-state index in [9.17, 15) is 4.79 Å². The van der Waals surface area contributed by atoms with Gasteiger partial charge < -0.3 is 15.4 Å². The second-order valence-corrected chi connectivity index (χ2v) is 9.68. The number of rotatable bonds is 9. The zero-order chi connectivity index (χ0) is 25.5. The van der Waals surface area contributed by atoms with Gasteiger partial charge in [0, 0.05) is 16.5 Å². The number of carbonyl (C=O) groups excluding carboxylic acids is 1. The minimum absolute atomic E-state index is 0.00850. The summed E-state index contributed by atoms with van der Waals surface area (Å²) in [6, 6.07) is 28.5. The van der Waals surface area contributed by atoms with Crippen LogP contribution in [0.15, 0.2) is 84.9 Å². The summed E-state index contributed by atoms with van der Waals surface area (Å²) in [4.78, 5) is 18.6. The van der Waals surface area contributed by atoms with Gasteiger partial charge in [0.05, 0.1) is 36.4 Å². The van der Waals surface area contributed by atoms with E-state index in [1.807, 2.05) is 54.6 Å². The number of nitrogens with zero attached hydrogens (tertiary/aromatic N) is 1. The summed E-state index contributed by atoms with van der Waals surface area (Å²) in [5.74, 6) is 0.00850. The van der Waals surface area contributed by atoms with Gasteiger partial charge in [-0.2, -0.15) is 0 Å². The number of para-hydroxylation sites is 1. The van der Waals surface area contributed by atoms with E-state index in [4.69, 9.17) is 9.72 Å². The van der Waals surface area contributed by atoms with Crippen LogP contribution in [-0.4, -0.2) is 30.1 Å². The average Bonchev–Trinajstić information content (AvgIpc) is 2.96. The number of amides is 1. The molecule has 1 aliphatic rings. The molecule has 0 bridgehead atoms. The van der Waals surface area contributed by atoms with Crippen molar-refractivity contribution < 1.29 is 9.53 Å². The zero-order valence-electron chi connectivity index (χ0n) is 21.5. The van der Waals surface area contributed by atoms with E-state index in [2.05, 4.69) is 47.9 Å². The van der Waals surface area contributed by atoms with Crippen LogP contribution in [0.5, 0.6) is 0 Å². The van der Waals surface area contributed by atoms with Gasteiger partial charge in [0.1, 0.15) is 0 Å². The molecule has 4 aromatic rings. The van der Waals surface area contributed by atoms with E-state index in [1.165, 1.54) is 0 Å². The topological polar surface area (TPSA) is 63.2 Å². The third-order valence-electron chi connectivity index (χ3n) is 7.19. The molecule has 0 aliphatic carbocycles. The first-order chi connectivity index (χ1) is 18.2. The van der Waals surface area contributed by atoms with Crippen molar-refractivity contribution in [1.82, 2.24) is 15.6 Å². The Hall–Kier alpha value is -3.54. The van der Waals surface area contributed by atoms with Crippen molar-refractivity contribution >= 4 is 16.8 Å². The zero-order valence-corrected chi connectivity index (χ0v) is 21.5. The monoisotopic (exact) mass is 493 g/mol. The van der Waals surface area contributed by atoms with Crippen molar-refractivity contribution in [1.29, 1.82) is 0 Å². The normalized spacial score (nSPS) is 14.9. The van der Waals surface area contributed by atoms with Gasteiger partial charge >= 0.3 is 0 Å². The Balaban J connectivity index is 1.52. The molecule has 0 radical (unpaired) electrons. The average molecular weight is 494 g/mol. The van der Waals surface area contributed by atoms with E-state index < -0.39 is 0 Å². The van der Waals surface area contributed by atoms with Crippen LogP contribution in [-0.2, 0) is 22.6 Å². The molecule has 2 N–H and O–H groups in total. The number of hydrogen-bond acceptors (Lipinski definition) is 4. The minimum Gasteiger partial charge on any atom is -0.373 e. The third kappa shape index (κ3) is 6.07. The van der Waals surface area contributed by atoms with Gasteiger partial charge in [0.15, 0.2) is 0 Å². The van der Waals surface area contributed by atoms with Gasteiger partial charge in [-0.25, -0.2) is 4.98 Å². The van der Waals surface area contributed by atoms with Gasteiger partial charge in [0.2, 0.25) is 5.91 Å². The molecule has 1 saturated heterocycles. The van der Waals surface area contributed by atoms with Crippen LogP contribution in [0, 0.1) is 0 Å². The summed E-state index contributed by atoms with van der Waals surface area (Å²) >= 11 is 0. The van der Waals surface area contributed by atoms with Crippen LogP contribution in [0.2, 0.25) is 0 Å². The van der Waals surface area contributed by atoms with Gasteiger partial charge in [-0.3, -0.25) is 4.79 Å². The molecule has 2 heterocycles. The van der Waals surface area contributed by atoms with Gasteiger partial charge in [0.25, 0.3) is 0 Å². The Morgan fingerprint density at radius 1 is 0.946 bits per heavy atom. The Morgan fingerprint density at radius 3 is 2.35 bits per heavy atom. The lowest BCUT2D eigenvalue weighted by Gasteiger charge is -2.25. The van der Waals surface area contributed by atoms with Crippen LogP contribution >= 0.6 is 0 Å². The van der Waals surface area contributed by atoms with Crippen LogP contribution < -0.4 is 10.6 Å². The molecule has 1 amide bonds. The molecule has 37 heavy (non-hydrogen) atoms. The van der Waals surface area contributed by atoms with Crippen molar-refractivity contribution in [3.8, 4) is 11.3 Å². The number of piperidine rings is 1. The van der Waals surface area contributed by atoms with Gasteiger partial charge in [-0.15, -0.1) is 0 Å². The van der Waals surface area contributed by atoms with Crippen LogP contribution in [0.25, 0.3) is 22.2 Å². The SMILES string of the molecule is CC[C@H](NC(=O)Cc1c(COC2CCNCC2)c(-c2ccccc2)nc2ccccc12)c1ccccc1. The number of pyridine rings is 1. The van der Waals surface area contributed by atoms with Crippen molar-refractivity contribution in [3.63, 3.8) is 0 Å². The van der Waals surface area contributed by atoms with Crippen molar-refractivity contribution in [2.75, 3.05) is 13.1 Å². The quantitative estimate of drug-likeness (QED) is 0.301. The molecule has 1 atom stereocenters. The lowest BCUT2D eigenvalue weighted by Crippen LogP contribution is -2.32. The minimum atomic E-state index is -0.0233. The van der Waals surface area contributed by atoms with Crippen molar-refractivity contribution in [2.24, 2.45) is 0 Å². The molecular formula is C32H35N3O2. The first kappa shape index (κ1) is 25.1. The highest BCUT2D eigenvalue weighted by Crippen LogP contribution is 2.32. The highest BCUT2D eigenvalue weighted by atomic mass is 16.5. The van der Waals surface area contributed by atoms with Crippen LogP contribution in [0.1, 0.15) is 48.9 Å². The van der Waals surface area contributed by atoms with E-state index in [0.29, 0.717) is 6.61 Å². The first-order valence-electron chi connectivity index (χ1n) is 13.4. The van der Waals surface area contributed by atoms with Crippen molar-refractivity contribution in [2.45, 2.75) is 51.4 Å². The molecule has 5 nitrogen and oxygen atoms in total. The van der Waals surface area contributed by atoms with E-state index in [-0.39, 0.29) is 24.5 Å². The Kier molecular flexibility index (Phi) is 8.24. The lowest BCUT2D eigenvalue weighted by atomic mass is 9.94. The summed E-state index contributed by atoms with van der Waals surface area (Å²) in [6.07, 6.45) is 3.30. The largest absolute Gasteiger partial charge is 0.373 e. The number of nitrogens with one attached hydrogen (secondary N) is 2. The molecule has 1 aromatic heterocycles. The molecule has 190 valence electrons. The second kappa shape index (κ2) is 12.1. The fourth-order valence-electron chi connectivity index (χ4n) is 5.19. The first-order valence-corrected chi connectivity index (χ1v) is 13.4. The van der Waals surface area contributed by atoms with Gasteiger partial charge in [-0.05, 0) is 49.5 Å². The number of fused-ring (bicyclic) bond motifs is 1. The number of benzene rings is 3. The molecule has 0 spiro atoms. The summed E-state index contributed by atoms with van der Waals surface area (Å²) in [6.45, 7) is 4.48. The summed E-state index contributed by atoms with van der Waals surface area (Å²) in [7, 11) is 0. The fraction of sp³-hybridized carbons (Fsp3) is 0.312. The standard InChI is InChI=1S/C32H35N3O2/c1-2-29(23-11-5-3-6-12-23)34-31(36)21-27-26-15-9-10-16-30(26)35-32(24-13-7-4-8-14-24)28(27)22-37-25-17-19-33-20-18-25/h3-16,25,29,33H,2,17-22H2,1H3,(H,34,36)/t29-/m0/s1. The number of aromatic nitrogens is 1. The lowest BCUT2D eigenvalue weighted by molar-refractivity contribution is -0.121. The summed E-state index contributed by atoms with van der Waals surface area (Å²) in [5.41, 5.74) is 5.95. The molecule has 1 fully saturated rings. The molecule has 5 rings (SSSR count). The summed E-state index contributed by atoms with van der Waals surface area (Å²) in [5, 5.41) is 7.69. The highest BCUT2D eigenvalue weighted by molar-refractivity contribution is 5.92. The Labute approximate surface area is 219 Å². The number of ether oxygens (including phenoxy) is 1. The maximum absolute atomic E-state index is 13.5. The second-order valence-electron chi connectivity index (χ2n) is 9.68. The molecule has 3 aromatic carbocycles. The van der Waals surface area contributed by atoms with E-state index in [1.54, 1.807) is 0 Å². The number of carbonyl (C=O) groups is 1. The molecule has 5 heteroatoms. The van der Waals surface area contributed by atoms with Crippen molar-refractivity contribution in [3.05, 3.63) is 102 Å². The van der Waals surface area contributed by atoms with Crippen LogP contribution in [0.4, 0.5) is 0 Å². The highest BCUT2D eigenvalue weighted by Gasteiger charge is 2.22. The fourth-order valence-corrected chi connectivity index (χ4v) is 5.19.